The third-order valence-corrected chi connectivity index (χ3v) is 2.79. The molecule has 0 heterocycles. The number of halogens is 2. The number of benzene rings is 1. The van der Waals surface area contributed by atoms with Crippen molar-refractivity contribution < 1.29 is 4.79 Å². The van der Waals surface area contributed by atoms with Gasteiger partial charge in [-0.25, -0.2) is 0 Å². The highest BCUT2D eigenvalue weighted by molar-refractivity contribution is 9.10. The van der Waals surface area contributed by atoms with Crippen molar-refractivity contribution in [1.82, 2.24) is 0 Å². The quantitative estimate of drug-likeness (QED) is 0.693. The summed E-state index contributed by atoms with van der Waals surface area (Å²) < 4.78 is 0.914. The Morgan fingerprint density at radius 3 is 2.58 bits per heavy atom. The molecule has 0 aromatic heterocycles. The summed E-state index contributed by atoms with van der Waals surface area (Å²) in [5.41, 5.74) is 1.60. The summed E-state index contributed by atoms with van der Waals surface area (Å²) in [7, 11) is 0. The van der Waals surface area contributed by atoms with Crippen LogP contribution in [0.15, 0.2) is 16.6 Å². The summed E-state index contributed by atoms with van der Waals surface area (Å²) in [6.45, 7) is 3.43. The molecule has 0 spiro atoms. The Labute approximate surface area is 84.9 Å². The van der Waals surface area contributed by atoms with E-state index in [0.717, 1.165) is 10.0 Å². The topological polar surface area (TPSA) is 17.1 Å². The zero-order valence-electron chi connectivity index (χ0n) is 6.82. The molecule has 0 radical (unpaired) electrons. The minimum Gasteiger partial charge on any atom is -0.294 e. The van der Waals surface area contributed by atoms with Crippen LogP contribution in [0.2, 0.25) is 5.02 Å². The molecule has 0 atom stereocenters. The summed E-state index contributed by atoms with van der Waals surface area (Å²) in [6.07, 6.45) is 0. The summed E-state index contributed by atoms with van der Waals surface area (Å²) in [4.78, 5) is 11.0. The standard InChI is InChI=1S/C9H8BrClO/c1-5-3-9(11)7(6(2)12)4-8(5)10/h3-4H,1-2H3. The SMILES string of the molecule is CC(=O)c1cc(Br)c(C)cc1Cl. The molecule has 0 saturated heterocycles. The third-order valence-electron chi connectivity index (χ3n) is 1.63. The molecule has 3 heteroatoms. The van der Waals surface area contributed by atoms with Gasteiger partial charge in [-0.2, -0.15) is 0 Å². The van der Waals surface area contributed by atoms with Crippen molar-refractivity contribution in [2.75, 3.05) is 0 Å². The number of hydrogen-bond acceptors (Lipinski definition) is 1. The lowest BCUT2D eigenvalue weighted by atomic mass is 10.1. The van der Waals surface area contributed by atoms with E-state index >= 15 is 0 Å². The fourth-order valence-electron chi connectivity index (χ4n) is 0.916. The van der Waals surface area contributed by atoms with E-state index in [1.807, 2.05) is 6.92 Å². The van der Waals surface area contributed by atoms with E-state index < -0.39 is 0 Å². The minimum absolute atomic E-state index is 0.0132. The van der Waals surface area contributed by atoms with Crippen LogP contribution in [0.1, 0.15) is 22.8 Å². The number of carbonyl (C=O) groups is 1. The average molecular weight is 248 g/mol. The Morgan fingerprint density at radius 1 is 1.50 bits per heavy atom. The van der Waals surface area contributed by atoms with Crippen molar-refractivity contribution in [3.05, 3.63) is 32.8 Å². The second-order valence-corrected chi connectivity index (χ2v) is 3.90. The molecule has 0 bridgehead atoms. The van der Waals surface area contributed by atoms with Crippen LogP contribution >= 0.6 is 27.5 Å². The Bertz CT molecular complexity index is 334. The van der Waals surface area contributed by atoms with Crippen LogP contribution in [0.4, 0.5) is 0 Å². The number of ketones is 1. The van der Waals surface area contributed by atoms with Crippen molar-refractivity contribution in [1.29, 1.82) is 0 Å². The molecule has 0 aliphatic carbocycles. The average Bonchev–Trinajstić information content (AvgIpc) is 1.96. The monoisotopic (exact) mass is 246 g/mol. The van der Waals surface area contributed by atoms with Gasteiger partial charge >= 0.3 is 0 Å². The summed E-state index contributed by atoms with van der Waals surface area (Å²) in [5, 5.41) is 0.517. The van der Waals surface area contributed by atoms with E-state index in [9.17, 15) is 4.79 Å². The Balaban J connectivity index is 3.33. The first kappa shape index (κ1) is 9.75. The molecule has 0 fully saturated rings. The maximum Gasteiger partial charge on any atom is 0.161 e. The molecular formula is C9H8BrClO. The van der Waals surface area contributed by atoms with Gasteiger partial charge in [0, 0.05) is 10.0 Å². The predicted molar refractivity (Wildman–Crippen MR) is 53.9 cm³/mol. The highest BCUT2D eigenvalue weighted by Gasteiger charge is 2.07. The van der Waals surface area contributed by atoms with Gasteiger partial charge in [-0.1, -0.05) is 27.5 Å². The maximum atomic E-state index is 11.0. The lowest BCUT2D eigenvalue weighted by Crippen LogP contribution is -1.94. The van der Waals surface area contributed by atoms with E-state index in [-0.39, 0.29) is 5.78 Å². The fourth-order valence-corrected chi connectivity index (χ4v) is 1.61. The highest BCUT2D eigenvalue weighted by atomic mass is 79.9. The largest absolute Gasteiger partial charge is 0.294 e. The number of aryl methyl sites for hydroxylation is 1. The maximum absolute atomic E-state index is 11.0. The molecule has 0 amide bonds. The van der Waals surface area contributed by atoms with E-state index in [4.69, 9.17) is 11.6 Å². The molecule has 0 aliphatic heterocycles. The van der Waals surface area contributed by atoms with Crippen LogP contribution in [0.3, 0.4) is 0 Å². The van der Waals surface area contributed by atoms with Gasteiger partial charge in [-0.3, -0.25) is 4.79 Å². The first-order chi connectivity index (χ1) is 5.52. The first-order valence-corrected chi connectivity index (χ1v) is 4.66. The summed E-state index contributed by atoms with van der Waals surface area (Å²) in [6, 6.07) is 3.53. The number of Topliss-reactive ketones (excluding diaryl/α,β-unsaturated/α-hetero) is 1. The molecule has 1 rings (SSSR count). The number of rotatable bonds is 1. The lowest BCUT2D eigenvalue weighted by molar-refractivity contribution is 0.101. The van der Waals surface area contributed by atoms with Gasteiger partial charge in [-0.05, 0) is 31.5 Å². The van der Waals surface area contributed by atoms with Crippen LogP contribution in [0, 0.1) is 6.92 Å². The van der Waals surface area contributed by atoms with Crippen LogP contribution in [0.25, 0.3) is 0 Å². The van der Waals surface area contributed by atoms with Crippen molar-refractivity contribution >= 4 is 33.3 Å². The van der Waals surface area contributed by atoms with Crippen molar-refractivity contribution in [2.45, 2.75) is 13.8 Å². The molecule has 0 aliphatic rings. The minimum atomic E-state index is -0.0132. The van der Waals surface area contributed by atoms with Gasteiger partial charge in [-0.15, -0.1) is 0 Å². The molecule has 1 aromatic carbocycles. The Hall–Kier alpha value is -0.340. The van der Waals surface area contributed by atoms with E-state index in [0.29, 0.717) is 10.6 Å². The molecule has 12 heavy (non-hydrogen) atoms. The van der Waals surface area contributed by atoms with E-state index in [1.54, 1.807) is 12.1 Å². The molecule has 1 aromatic rings. The van der Waals surface area contributed by atoms with Crippen molar-refractivity contribution in [2.24, 2.45) is 0 Å². The predicted octanol–water partition coefficient (Wildman–Crippen LogP) is 3.61. The van der Waals surface area contributed by atoms with Gasteiger partial charge in [0.25, 0.3) is 0 Å². The summed E-state index contributed by atoms with van der Waals surface area (Å²) in [5.74, 6) is -0.0132. The Kier molecular flexibility index (Phi) is 2.91. The second-order valence-electron chi connectivity index (χ2n) is 2.64. The third kappa shape index (κ3) is 1.87. The van der Waals surface area contributed by atoms with Crippen molar-refractivity contribution in [3.8, 4) is 0 Å². The van der Waals surface area contributed by atoms with Crippen molar-refractivity contribution in [3.63, 3.8) is 0 Å². The van der Waals surface area contributed by atoms with Gasteiger partial charge in [0.2, 0.25) is 0 Å². The zero-order valence-corrected chi connectivity index (χ0v) is 9.16. The van der Waals surface area contributed by atoms with E-state index in [1.165, 1.54) is 6.92 Å². The molecule has 0 N–H and O–H groups in total. The van der Waals surface area contributed by atoms with E-state index in [2.05, 4.69) is 15.9 Å². The van der Waals surface area contributed by atoms with Gasteiger partial charge in [0.15, 0.2) is 5.78 Å². The van der Waals surface area contributed by atoms with Crippen LogP contribution < -0.4 is 0 Å². The van der Waals surface area contributed by atoms with Crippen LogP contribution in [-0.2, 0) is 0 Å². The second kappa shape index (κ2) is 3.58. The fraction of sp³-hybridized carbons (Fsp3) is 0.222. The van der Waals surface area contributed by atoms with Gasteiger partial charge < -0.3 is 0 Å². The van der Waals surface area contributed by atoms with Crippen LogP contribution in [-0.4, -0.2) is 5.78 Å². The van der Waals surface area contributed by atoms with Gasteiger partial charge in [0.05, 0.1) is 5.02 Å². The van der Waals surface area contributed by atoms with Gasteiger partial charge in [0.1, 0.15) is 0 Å². The smallest absolute Gasteiger partial charge is 0.161 e. The number of carbonyl (C=O) groups excluding carboxylic acids is 1. The summed E-state index contributed by atoms with van der Waals surface area (Å²) >= 11 is 9.19. The highest BCUT2D eigenvalue weighted by Crippen LogP contribution is 2.25. The molecular weight excluding hydrogens is 239 g/mol. The van der Waals surface area contributed by atoms with Crippen LogP contribution in [0.5, 0.6) is 0 Å². The molecule has 1 nitrogen and oxygen atoms in total. The number of hydrogen-bond donors (Lipinski definition) is 0. The molecule has 0 unspecified atom stereocenters. The molecule has 0 saturated carbocycles. The Morgan fingerprint density at radius 2 is 2.08 bits per heavy atom. The lowest BCUT2D eigenvalue weighted by Gasteiger charge is -2.03. The normalized spacial score (nSPS) is 10.0. The first-order valence-electron chi connectivity index (χ1n) is 3.49. The zero-order chi connectivity index (χ0) is 9.30. The molecule has 64 valence electrons.